The maximum absolute atomic E-state index is 13.0. The van der Waals surface area contributed by atoms with Crippen molar-refractivity contribution >= 4 is 5.91 Å². The topological polar surface area (TPSA) is 38.1 Å². The van der Waals surface area contributed by atoms with Gasteiger partial charge in [-0.1, -0.05) is 60.7 Å². The number of nitrogens with zero attached hydrogens (tertiary/aromatic N) is 3. The Morgan fingerprint density at radius 2 is 1.64 bits per heavy atom. The number of aromatic nitrogens is 2. The highest BCUT2D eigenvalue weighted by molar-refractivity contribution is 5.94. The first-order valence-electron chi connectivity index (χ1n) is 8.71. The Kier molecular flexibility index (Phi) is 4.34. The van der Waals surface area contributed by atoms with Gasteiger partial charge in [-0.05, 0) is 24.0 Å². The molecule has 4 nitrogen and oxygen atoms in total. The van der Waals surface area contributed by atoms with E-state index < -0.39 is 0 Å². The van der Waals surface area contributed by atoms with E-state index in [1.807, 2.05) is 52.2 Å². The highest BCUT2D eigenvalue weighted by Gasteiger charge is 2.33. The van der Waals surface area contributed by atoms with Crippen molar-refractivity contribution in [1.82, 2.24) is 14.7 Å². The molecule has 0 spiro atoms. The molecule has 3 aromatic rings. The third-order valence-electron chi connectivity index (χ3n) is 4.51. The molecule has 0 aliphatic heterocycles. The van der Waals surface area contributed by atoms with Gasteiger partial charge in [0.15, 0.2) is 0 Å². The van der Waals surface area contributed by atoms with Crippen LogP contribution < -0.4 is 0 Å². The third kappa shape index (κ3) is 3.79. The lowest BCUT2D eigenvalue weighted by Crippen LogP contribution is -2.32. The second kappa shape index (κ2) is 6.93. The van der Waals surface area contributed by atoms with Crippen molar-refractivity contribution in [2.45, 2.75) is 32.0 Å². The molecule has 0 unspecified atom stereocenters. The number of amides is 1. The highest BCUT2D eigenvalue weighted by Crippen LogP contribution is 2.29. The van der Waals surface area contributed by atoms with E-state index in [4.69, 9.17) is 0 Å². The summed E-state index contributed by atoms with van der Waals surface area (Å²) in [5.41, 5.74) is 3.01. The van der Waals surface area contributed by atoms with Crippen molar-refractivity contribution in [3.8, 4) is 0 Å². The first-order valence-corrected chi connectivity index (χ1v) is 8.71. The van der Waals surface area contributed by atoms with E-state index in [0.717, 1.165) is 12.8 Å². The van der Waals surface area contributed by atoms with E-state index in [9.17, 15) is 4.79 Å². The smallest absolute Gasteiger partial charge is 0.257 e. The third-order valence-corrected chi connectivity index (χ3v) is 4.51. The van der Waals surface area contributed by atoms with E-state index in [-0.39, 0.29) is 5.91 Å². The number of rotatable bonds is 6. The molecule has 1 aliphatic carbocycles. The Bertz CT molecular complexity index is 838. The van der Waals surface area contributed by atoms with Crippen LogP contribution in [-0.2, 0) is 13.1 Å². The van der Waals surface area contributed by atoms with Gasteiger partial charge in [0.05, 0.1) is 18.3 Å². The van der Waals surface area contributed by atoms with Gasteiger partial charge in [0, 0.05) is 18.8 Å². The average Bonchev–Trinajstić information content (AvgIpc) is 3.39. The molecule has 0 bridgehead atoms. The number of benzene rings is 2. The molecule has 2 aromatic carbocycles. The Morgan fingerprint density at radius 1 is 1.00 bits per heavy atom. The molecule has 1 heterocycles. The Labute approximate surface area is 147 Å². The molecule has 1 saturated carbocycles. The fourth-order valence-electron chi connectivity index (χ4n) is 3.03. The quantitative estimate of drug-likeness (QED) is 0.690. The zero-order valence-electron chi connectivity index (χ0n) is 14.1. The van der Waals surface area contributed by atoms with Crippen LogP contribution in [0.5, 0.6) is 0 Å². The molecular formula is C21H21N3O. The molecule has 126 valence electrons. The molecule has 4 heteroatoms. The minimum absolute atomic E-state index is 0.0747. The standard InChI is InChI=1S/C21H21N3O/c25-21(24(20-11-12-20)15-18-9-5-2-6-10-18)19-13-22-23(16-19)14-17-7-3-1-4-8-17/h1-10,13,16,20H,11-12,14-15H2. The maximum atomic E-state index is 13.0. The molecular weight excluding hydrogens is 310 g/mol. The lowest BCUT2D eigenvalue weighted by atomic mass is 10.2. The minimum atomic E-state index is 0.0747. The number of hydrogen-bond donors (Lipinski definition) is 0. The van der Waals surface area contributed by atoms with Crippen molar-refractivity contribution < 1.29 is 4.79 Å². The summed E-state index contributed by atoms with van der Waals surface area (Å²) in [5.74, 6) is 0.0747. The van der Waals surface area contributed by atoms with Crippen LogP contribution in [-0.4, -0.2) is 26.6 Å². The van der Waals surface area contributed by atoms with Crippen molar-refractivity contribution in [2.24, 2.45) is 0 Å². The Balaban J connectivity index is 1.49. The van der Waals surface area contributed by atoms with Crippen LogP contribution in [0.4, 0.5) is 0 Å². The molecule has 0 N–H and O–H groups in total. The van der Waals surface area contributed by atoms with Crippen LogP contribution in [0, 0.1) is 0 Å². The first-order chi connectivity index (χ1) is 12.3. The van der Waals surface area contributed by atoms with Gasteiger partial charge in [0.1, 0.15) is 0 Å². The first kappa shape index (κ1) is 15.6. The van der Waals surface area contributed by atoms with Crippen molar-refractivity contribution in [1.29, 1.82) is 0 Å². The molecule has 0 radical (unpaired) electrons. The zero-order chi connectivity index (χ0) is 17.1. The molecule has 1 amide bonds. The molecule has 0 atom stereocenters. The van der Waals surface area contributed by atoms with Crippen LogP contribution >= 0.6 is 0 Å². The molecule has 1 aromatic heterocycles. The summed E-state index contributed by atoms with van der Waals surface area (Å²) in [5, 5.41) is 4.37. The number of carbonyl (C=O) groups is 1. The summed E-state index contributed by atoms with van der Waals surface area (Å²) < 4.78 is 1.83. The van der Waals surface area contributed by atoms with Gasteiger partial charge < -0.3 is 4.90 Å². The molecule has 1 fully saturated rings. The lowest BCUT2D eigenvalue weighted by molar-refractivity contribution is 0.0730. The second-order valence-electron chi connectivity index (χ2n) is 6.56. The summed E-state index contributed by atoms with van der Waals surface area (Å²) in [4.78, 5) is 15.0. The van der Waals surface area contributed by atoms with Gasteiger partial charge in [0.25, 0.3) is 5.91 Å². The molecule has 1 aliphatic rings. The highest BCUT2D eigenvalue weighted by atomic mass is 16.2. The normalized spacial score (nSPS) is 13.6. The second-order valence-corrected chi connectivity index (χ2v) is 6.56. The maximum Gasteiger partial charge on any atom is 0.257 e. The van der Waals surface area contributed by atoms with Gasteiger partial charge in [0.2, 0.25) is 0 Å². The van der Waals surface area contributed by atoms with E-state index in [2.05, 4.69) is 29.4 Å². The van der Waals surface area contributed by atoms with Crippen LogP contribution in [0.2, 0.25) is 0 Å². The Morgan fingerprint density at radius 3 is 2.28 bits per heavy atom. The fraction of sp³-hybridized carbons (Fsp3) is 0.238. The van der Waals surface area contributed by atoms with Gasteiger partial charge in [-0.3, -0.25) is 9.48 Å². The number of hydrogen-bond acceptors (Lipinski definition) is 2. The van der Waals surface area contributed by atoms with E-state index in [1.54, 1.807) is 6.20 Å². The number of carbonyl (C=O) groups excluding carboxylic acids is 1. The summed E-state index contributed by atoms with van der Waals surface area (Å²) in [6.07, 6.45) is 5.73. The largest absolute Gasteiger partial charge is 0.331 e. The predicted molar refractivity (Wildman–Crippen MR) is 97.1 cm³/mol. The molecule has 25 heavy (non-hydrogen) atoms. The van der Waals surface area contributed by atoms with Crippen molar-refractivity contribution in [3.05, 3.63) is 89.7 Å². The van der Waals surface area contributed by atoms with E-state index in [1.165, 1.54) is 11.1 Å². The zero-order valence-corrected chi connectivity index (χ0v) is 14.1. The molecule has 0 saturated heterocycles. The van der Waals surface area contributed by atoms with Crippen LogP contribution in [0.1, 0.15) is 34.3 Å². The minimum Gasteiger partial charge on any atom is -0.331 e. The molecule has 4 rings (SSSR count). The van der Waals surface area contributed by atoms with E-state index >= 15 is 0 Å². The fourth-order valence-corrected chi connectivity index (χ4v) is 3.03. The van der Waals surface area contributed by atoms with Gasteiger partial charge in [-0.25, -0.2) is 0 Å². The van der Waals surface area contributed by atoms with Crippen molar-refractivity contribution in [2.75, 3.05) is 0 Å². The SMILES string of the molecule is O=C(c1cnn(Cc2ccccc2)c1)N(Cc1ccccc1)C1CC1. The lowest BCUT2D eigenvalue weighted by Gasteiger charge is -2.22. The van der Waals surface area contributed by atoms with Crippen LogP contribution in [0.3, 0.4) is 0 Å². The summed E-state index contributed by atoms with van der Waals surface area (Å²) >= 11 is 0. The average molecular weight is 331 g/mol. The van der Waals surface area contributed by atoms with Gasteiger partial charge >= 0.3 is 0 Å². The van der Waals surface area contributed by atoms with Gasteiger partial charge in [-0.15, -0.1) is 0 Å². The summed E-state index contributed by atoms with van der Waals surface area (Å²) in [6.45, 7) is 1.34. The summed E-state index contributed by atoms with van der Waals surface area (Å²) in [7, 11) is 0. The Hall–Kier alpha value is -2.88. The monoisotopic (exact) mass is 331 g/mol. The van der Waals surface area contributed by atoms with Crippen LogP contribution in [0.25, 0.3) is 0 Å². The van der Waals surface area contributed by atoms with Crippen LogP contribution in [0.15, 0.2) is 73.1 Å². The van der Waals surface area contributed by atoms with Crippen molar-refractivity contribution in [3.63, 3.8) is 0 Å². The van der Waals surface area contributed by atoms with Gasteiger partial charge in [-0.2, -0.15) is 5.10 Å². The summed E-state index contributed by atoms with van der Waals surface area (Å²) in [6, 6.07) is 20.7. The predicted octanol–water partition coefficient (Wildman–Crippen LogP) is 3.74. The van der Waals surface area contributed by atoms with E-state index in [0.29, 0.717) is 24.7 Å².